The largest absolute Gasteiger partial charge is 0.462 e. The first-order valence-electron chi connectivity index (χ1n) is 11.0. The SMILES string of the molecule is CCOC(=O)c1ccc(N2C(=O)NC(=O)/C(=C\c3ccc(Cc4cccc(F)c4)c(Br)c3)C2=O)cc1. The summed E-state index contributed by atoms with van der Waals surface area (Å²) in [7, 11) is 0. The number of carbonyl (C=O) groups excluding carboxylic acids is 4. The summed E-state index contributed by atoms with van der Waals surface area (Å²) in [6.07, 6.45) is 1.87. The van der Waals surface area contributed by atoms with Crippen LogP contribution in [0, 0.1) is 5.82 Å². The van der Waals surface area contributed by atoms with Crippen LogP contribution >= 0.6 is 15.9 Å². The number of anilines is 1. The molecule has 9 heteroatoms. The molecule has 3 aromatic rings. The standard InChI is InChI=1S/C27H20BrFN2O5/c1-2-36-26(34)18-8-10-21(11-9-18)31-25(33)22(24(32)30-27(31)35)14-17-6-7-19(23(28)15-17)12-16-4-3-5-20(29)13-16/h3-11,13-15H,2,12H2,1H3,(H,30,32,35)/b22-14+. The van der Waals surface area contributed by atoms with Crippen LogP contribution in [0.2, 0.25) is 0 Å². The second-order valence-electron chi connectivity index (χ2n) is 7.88. The minimum Gasteiger partial charge on any atom is -0.462 e. The van der Waals surface area contributed by atoms with Gasteiger partial charge in [0, 0.05) is 4.47 Å². The highest BCUT2D eigenvalue weighted by Gasteiger charge is 2.36. The molecule has 1 heterocycles. The Bertz CT molecular complexity index is 1400. The van der Waals surface area contributed by atoms with E-state index in [0.717, 1.165) is 16.0 Å². The molecule has 182 valence electrons. The third kappa shape index (κ3) is 5.41. The van der Waals surface area contributed by atoms with E-state index < -0.39 is 23.8 Å². The van der Waals surface area contributed by atoms with Gasteiger partial charge < -0.3 is 4.74 Å². The van der Waals surface area contributed by atoms with Crippen molar-refractivity contribution in [1.29, 1.82) is 0 Å². The Balaban J connectivity index is 1.58. The van der Waals surface area contributed by atoms with Crippen LogP contribution in [0.4, 0.5) is 14.9 Å². The number of carbonyl (C=O) groups is 4. The molecule has 1 N–H and O–H groups in total. The number of urea groups is 1. The van der Waals surface area contributed by atoms with E-state index in [1.165, 1.54) is 42.5 Å². The molecule has 1 aliphatic heterocycles. The van der Waals surface area contributed by atoms with Gasteiger partial charge in [0.05, 0.1) is 17.9 Å². The average Bonchev–Trinajstić information content (AvgIpc) is 2.84. The summed E-state index contributed by atoms with van der Waals surface area (Å²) in [5.74, 6) is -2.46. The molecule has 0 atom stereocenters. The van der Waals surface area contributed by atoms with E-state index in [0.29, 0.717) is 16.5 Å². The van der Waals surface area contributed by atoms with Crippen molar-refractivity contribution in [3.8, 4) is 0 Å². The van der Waals surface area contributed by atoms with E-state index in [9.17, 15) is 23.6 Å². The highest BCUT2D eigenvalue weighted by atomic mass is 79.9. The summed E-state index contributed by atoms with van der Waals surface area (Å²) < 4.78 is 19.2. The van der Waals surface area contributed by atoms with Gasteiger partial charge >= 0.3 is 12.0 Å². The molecule has 0 aliphatic carbocycles. The molecule has 4 amide bonds. The number of nitrogens with one attached hydrogen (secondary N) is 1. The van der Waals surface area contributed by atoms with Gasteiger partial charge in [0.25, 0.3) is 11.8 Å². The van der Waals surface area contributed by atoms with E-state index >= 15 is 0 Å². The van der Waals surface area contributed by atoms with Gasteiger partial charge in [-0.1, -0.05) is 40.2 Å². The smallest absolute Gasteiger partial charge is 0.338 e. The predicted octanol–water partition coefficient (Wildman–Crippen LogP) is 5.02. The van der Waals surface area contributed by atoms with Gasteiger partial charge in [-0.25, -0.2) is 18.9 Å². The lowest BCUT2D eigenvalue weighted by molar-refractivity contribution is -0.122. The van der Waals surface area contributed by atoms with Crippen molar-refractivity contribution in [3.63, 3.8) is 0 Å². The molecule has 0 unspecified atom stereocenters. The van der Waals surface area contributed by atoms with Crippen molar-refractivity contribution in [3.05, 3.63) is 105 Å². The molecule has 1 saturated heterocycles. The molecule has 1 aliphatic rings. The van der Waals surface area contributed by atoms with Crippen molar-refractivity contribution >= 4 is 51.5 Å². The lowest BCUT2D eigenvalue weighted by atomic mass is 10.0. The number of nitrogens with zero attached hydrogens (tertiary/aromatic N) is 1. The highest BCUT2D eigenvalue weighted by Crippen LogP contribution is 2.26. The number of hydrogen-bond acceptors (Lipinski definition) is 5. The minimum absolute atomic E-state index is 0.190. The number of esters is 1. The fraction of sp³-hybridized carbons (Fsp3) is 0.111. The van der Waals surface area contributed by atoms with Crippen LogP contribution in [0.1, 0.15) is 34.0 Å². The third-order valence-electron chi connectivity index (χ3n) is 5.41. The fourth-order valence-corrected chi connectivity index (χ4v) is 4.22. The van der Waals surface area contributed by atoms with Gasteiger partial charge in [0.2, 0.25) is 0 Å². The average molecular weight is 551 g/mol. The number of benzene rings is 3. The van der Waals surface area contributed by atoms with Crippen molar-refractivity contribution < 1.29 is 28.3 Å². The maximum atomic E-state index is 13.5. The summed E-state index contributed by atoms with van der Waals surface area (Å²) in [5.41, 5.74) is 2.47. The summed E-state index contributed by atoms with van der Waals surface area (Å²) in [4.78, 5) is 50.8. The minimum atomic E-state index is -0.891. The Labute approximate surface area is 214 Å². The van der Waals surface area contributed by atoms with E-state index in [2.05, 4.69) is 21.2 Å². The number of ether oxygens (including phenoxy) is 1. The maximum Gasteiger partial charge on any atom is 0.338 e. The van der Waals surface area contributed by atoms with Crippen molar-refractivity contribution in [2.45, 2.75) is 13.3 Å². The lowest BCUT2D eigenvalue weighted by Crippen LogP contribution is -2.54. The Hall–Kier alpha value is -4.11. The first-order chi connectivity index (χ1) is 17.3. The van der Waals surface area contributed by atoms with Gasteiger partial charge in [-0.2, -0.15) is 0 Å². The number of barbiturate groups is 1. The molecule has 4 rings (SSSR count). The first-order valence-corrected chi connectivity index (χ1v) is 11.8. The molecule has 0 saturated carbocycles. The first kappa shape index (κ1) is 25.0. The topological polar surface area (TPSA) is 92.8 Å². The number of amides is 4. The number of hydrogen-bond donors (Lipinski definition) is 1. The molecule has 0 aromatic heterocycles. The summed E-state index contributed by atoms with van der Waals surface area (Å²) in [6.45, 7) is 1.90. The van der Waals surface area contributed by atoms with Crippen LogP contribution in [0.3, 0.4) is 0 Å². The zero-order valence-corrected chi connectivity index (χ0v) is 20.7. The van der Waals surface area contributed by atoms with Crippen LogP contribution in [-0.4, -0.2) is 30.4 Å². The molecule has 0 spiro atoms. The molecular weight excluding hydrogens is 531 g/mol. The molecule has 1 fully saturated rings. The zero-order chi connectivity index (χ0) is 25.8. The van der Waals surface area contributed by atoms with Gasteiger partial charge in [0.15, 0.2) is 0 Å². The van der Waals surface area contributed by atoms with Crippen LogP contribution in [-0.2, 0) is 20.7 Å². The summed E-state index contributed by atoms with van der Waals surface area (Å²) in [6, 6.07) is 16.4. The Morgan fingerprint density at radius 1 is 1.06 bits per heavy atom. The molecule has 0 radical (unpaired) electrons. The second kappa shape index (κ2) is 10.7. The van der Waals surface area contributed by atoms with E-state index in [1.807, 2.05) is 12.1 Å². The van der Waals surface area contributed by atoms with Gasteiger partial charge in [0.1, 0.15) is 11.4 Å². The van der Waals surface area contributed by atoms with Crippen LogP contribution in [0.15, 0.2) is 76.8 Å². The molecular formula is C27H20BrFN2O5. The lowest BCUT2D eigenvalue weighted by Gasteiger charge is -2.26. The van der Waals surface area contributed by atoms with Crippen molar-refractivity contribution in [2.24, 2.45) is 0 Å². The monoisotopic (exact) mass is 550 g/mol. The summed E-state index contributed by atoms with van der Waals surface area (Å²) in [5, 5.41) is 2.17. The van der Waals surface area contributed by atoms with Crippen molar-refractivity contribution in [2.75, 3.05) is 11.5 Å². The van der Waals surface area contributed by atoms with E-state index in [-0.39, 0.29) is 29.2 Å². The fourth-order valence-electron chi connectivity index (χ4n) is 3.68. The van der Waals surface area contributed by atoms with Gasteiger partial charge in [-0.3, -0.25) is 14.9 Å². The Kier molecular flexibility index (Phi) is 7.40. The van der Waals surface area contributed by atoms with Crippen LogP contribution in [0.5, 0.6) is 0 Å². The quantitative estimate of drug-likeness (QED) is 0.264. The van der Waals surface area contributed by atoms with Crippen molar-refractivity contribution in [1.82, 2.24) is 5.32 Å². The number of imide groups is 2. The maximum absolute atomic E-state index is 13.5. The number of halogens is 2. The van der Waals surface area contributed by atoms with Crippen LogP contribution in [0.25, 0.3) is 6.08 Å². The van der Waals surface area contributed by atoms with Crippen LogP contribution < -0.4 is 10.2 Å². The van der Waals surface area contributed by atoms with Gasteiger partial charge in [-0.05, 0) is 78.6 Å². The third-order valence-corrected chi connectivity index (χ3v) is 6.15. The molecule has 0 bridgehead atoms. The zero-order valence-electron chi connectivity index (χ0n) is 19.1. The molecule has 3 aromatic carbocycles. The second-order valence-corrected chi connectivity index (χ2v) is 8.74. The Morgan fingerprint density at radius 3 is 2.47 bits per heavy atom. The van der Waals surface area contributed by atoms with Gasteiger partial charge in [-0.15, -0.1) is 0 Å². The molecule has 7 nitrogen and oxygen atoms in total. The highest BCUT2D eigenvalue weighted by molar-refractivity contribution is 9.10. The molecule has 36 heavy (non-hydrogen) atoms. The van der Waals surface area contributed by atoms with E-state index in [1.54, 1.807) is 25.1 Å². The summed E-state index contributed by atoms with van der Waals surface area (Å²) >= 11 is 3.50. The Morgan fingerprint density at radius 2 is 1.81 bits per heavy atom. The normalized spacial score (nSPS) is 14.7. The predicted molar refractivity (Wildman–Crippen MR) is 135 cm³/mol. The number of rotatable bonds is 6. The van der Waals surface area contributed by atoms with E-state index in [4.69, 9.17) is 4.74 Å².